The molecule has 0 spiro atoms. The van der Waals surface area contributed by atoms with Crippen LogP contribution in [0.4, 0.5) is 0 Å². The molecule has 0 amide bonds. The van der Waals surface area contributed by atoms with Gasteiger partial charge in [-0.2, -0.15) is 0 Å². The summed E-state index contributed by atoms with van der Waals surface area (Å²) in [7, 11) is -1.36. The molecule has 1 fully saturated rings. The quantitative estimate of drug-likeness (QED) is 0.494. The van der Waals surface area contributed by atoms with E-state index in [-0.39, 0.29) is 0 Å². The van der Waals surface area contributed by atoms with Gasteiger partial charge in [0.25, 0.3) is 0 Å². The Morgan fingerprint density at radius 3 is 2.38 bits per heavy atom. The summed E-state index contributed by atoms with van der Waals surface area (Å²) in [6.07, 6.45) is 6.65. The van der Waals surface area contributed by atoms with Gasteiger partial charge in [-0.25, -0.2) is 0 Å². The van der Waals surface area contributed by atoms with Crippen LogP contribution in [0.1, 0.15) is 33.1 Å². The van der Waals surface area contributed by atoms with Crippen molar-refractivity contribution in [1.29, 1.82) is 0 Å². The molecule has 0 radical (unpaired) electrons. The molecule has 0 saturated carbocycles. The van der Waals surface area contributed by atoms with Crippen LogP contribution in [0.2, 0.25) is 18.1 Å². The molecule has 1 saturated heterocycles. The minimum absolute atomic E-state index is 0.407. The first-order chi connectivity index (χ1) is 6.18. The van der Waals surface area contributed by atoms with E-state index in [1.54, 1.807) is 0 Å². The van der Waals surface area contributed by atoms with E-state index in [9.17, 15) is 0 Å². The second-order valence-electron chi connectivity index (χ2n) is 4.40. The smallest absolute Gasteiger partial charge is 0.196 e. The lowest BCUT2D eigenvalue weighted by atomic mass is 10.3. The van der Waals surface area contributed by atoms with Gasteiger partial charge in [0, 0.05) is 6.10 Å². The third-order valence-electron chi connectivity index (χ3n) is 2.77. The van der Waals surface area contributed by atoms with Gasteiger partial charge in [-0.15, -0.1) is 6.58 Å². The Morgan fingerprint density at radius 1 is 1.31 bits per heavy atom. The van der Waals surface area contributed by atoms with E-state index >= 15 is 0 Å². The Balaban J connectivity index is 2.55. The average molecular weight is 198 g/mol. The second kappa shape index (κ2) is 4.96. The van der Waals surface area contributed by atoms with Crippen molar-refractivity contribution in [2.45, 2.75) is 57.3 Å². The van der Waals surface area contributed by atoms with Gasteiger partial charge in [-0.3, -0.25) is 0 Å². The predicted octanol–water partition coefficient (Wildman–Crippen LogP) is 3.73. The van der Waals surface area contributed by atoms with Crippen LogP contribution < -0.4 is 0 Å². The second-order valence-corrected chi connectivity index (χ2v) is 8.41. The summed E-state index contributed by atoms with van der Waals surface area (Å²) in [6.45, 7) is 8.18. The first-order valence-corrected chi connectivity index (χ1v) is 8.00. The Bertz CT molecular complexity index is 159. The fraction of sp³-hybridized carbons (Fsp3) is 0.818. The number of rotatable bonds is 4. The third kappa shape index (κ3) is 3.28. The van der Waals surface area contributed by atoms with Crippen LogP contribution in [0.5, 0.6) is 0 Å². The fourth-order valence-electron chi connectivity index (χ4n) is 2.33. The van der Waals surface area contributed by atoms with Crippen molar-refractivity contribution in [3.63, 3.8) is 0 Å². The molecular formula is C11H22OSi. The molecule has 1 aliphatic heterocycles. The highest BCUT2D eigenvalue weighted by Gasteiger charge is 2.35. The molecule has 13 heavy (non-hydrogen) atoms. The van der Waals surface area contributed by atoms with E-state index in [1.807, 2.05) is 0 Å². The van der Waals surface area contributed by atoms with Gasteiger partial charge in [-0.05, 0) is 32.0 Å². The van der Waals surface area contributed by atoms with Crippen LogP contribution in [-0.2, 0) is 4.43 Å². The van der Waals surface area contributed by atoms with Crippen molar-refractivity contribution >= 4 is 8.32 Å². The molecule has 1 rings (SSSR count). The Hall–Kier alpha value is -0.0831. The zero-order chi connectivity index (χ0) is 9.73. The number of allylic oxidation sites excluding steroid dienone is 1. The predicted molar refractivity (Wildman–Crippen MR) is 60.4 cm³/mol. The summed E-state index contributed by atoms with van der Waals surface area (Å²) >= 11 is 0. The zero-order valence-corrected chi connectivity index (χ0v) is 10.0. The molecule has 0 aromatic heterocycles. The molecular weight excluding hydrogens is 176 g/mol. The Morgan fingerprint density at radius 2 is 1.92 bits per heavy atom. The summed E-state index contributed by atoms with van der Waals surface area (Å²) in [5.41, 5.74) is 0. The SMILES string of the molecule is C=CC[Si]1(OC(C)C)CCCCC1. The zero-order valence-electron chi connectivity index (χ0n) is 9.01. The lowest BCUT2D eigenvalue weighted by Gasteiger charge is -2.35. The number of hydrogen-bond acceptors (Lipinski definition) is 1. The maximum absolute atomic E-state index is 6.19. The van der Waals surface area contributed by atoms with Gasteiger partial charge < -0.3 is 4.43 Å². The van der Waals surface area contributed by atoms with Crippen LogP contribution in [0, 0.1) is 0 Å². The summed E-state index contributed by atoms with van der Waals surface area (Å²) in [4.78, 5) is 0. The highest BCUT2D eigenvalue weighted by Crippen LogP contribution is 2.33. The highest BCUT2D eigenvalue weighted by molar-refractivity contribution is 6.74. The monoisotopic (exact) mass is 198 g/mol. The average Bonchev–Trinajstić information content (AvgIpc) is 2.04. The van der Waals surface area contributed by atoms with Gasteiger partial charge in [0.15, 0.2) is 8.32 Å². The van der Waals surface area contributed by atoms with Crippen LogP contribution in [0.15, 0.2) is 12.7 Å². The number of hydrogen-bond donors (Lipinski definition) is 0. The summed E-state index contributed by atoms with van der Waals surface area (Å²) < 4.78 is 6.19. The molecule has 2 heteroatoms. The third-order valence-corrected chi connectivity index (χ3v) is 7.30. The molecule has 1 heterocycles. The minimum atomic E-state index is -1.36. The van der Waals surface area contributed by atoms with E-state index in [1.165, 1.54) is 31.4 Å². The topological polar surface area (TPSA) is 9.23 Å². The largest absolute Gasteiger partial charge is 0.414 e. The normalized spacial score (nSPS) is 21.8. The molecule has 1 aliphatic rings. The van der Waals surface area contributed by atoms with Gasteiger partial charge in [0.1, 0.15) is 0 Å². The fourth-order valence-corrected chi connectivity index (χ4v) is 6.63. The molecule has 0 atom stereocenters. The molecule has 0 bridgehead atoms. The first kappa shape index (κ1) is 11.0. The van der Waals surface area contributed by atoms with E-state index in [0.717, 1.165) is 6.04 Å². The molecule has 0 aromatic rings. The summed E-state index contributed by atoms with van der Waals surface area (Å²) in [5.74, 6) is 0. The van der Waals surface area contributed by atoms with Crippen LogP contribution in [0.25, 0.3) is 0 Å². The lowest BCUT2D eigenvalue weighted by molar-refractivity contribution is 0.221. The van der Waals surface area contributed by atoms with E-state index in [4.69, 9.17) is 4.43 Å². The lowest BCUT2D eigenvalue weighted by Crippen LogP contribution is -2.41. The van der Waals surface area contributed by atoms with E-state index in [0.29, 0.717) is 6.10 Å². The van der Waals surface area contributed by atoms with Crippen LogP contribution in [-0.4, -0.2) is 14.4 Å². The van der Waals surface area contributed by atoms with Gasteiger partial charge >= 0.3 is 0 Å². The van der Waals surface area contributed by atoms with Crippen molar-refractivity contribution < 1.29 is 4.43 Å². The van der Waals surface area contributed by atoms with E-state index in [2.05, 4.69) is 26.5 Å². The molecule has 0 aromatic carbocycles. The Kier molecular flexibility index (Phi) is 4.20. The minimum Gasteiger partial charge on any atom is -0.414 e. The van der Waals surface area contributed by atoms with Gasteiger partial charge in [-0.1, -0.05) is 25.3 Å². The van der Waals surface area contributed by atoms with Crippen molar-refractivity contribution in [3.8, 4) is 0 Å². The molecule has 0 N–H and O–H groups in total. The standard InChI is InChI=1S/C11H22OSi/c1-4-8-13(12-11(2)3)9-6-5-7-10-13/h4,11H,1,5-10H2,2-3H3. The van der Waals surface area contributed by atoms with Crippen molar-refractivity contribution in [3.05, 3.63) is 12.7 Å². The van der Waals surface area contributed by atoms with Crippen molar-refractivity contribution in [2.24, 2.45) is 0 Å². The molecule has 0 aliphatic carbocycles. The summed E-state index contributed by atoms with van der Waals surface area (Å²) in [5, 5.41) is 0. The maximum Gasteiger partial charge on any atom is 0.196 e. The molecule has 76 valence electrons. The van der Waals surface area contributed by atoms with E-state index < -0.39 is 8.32 Å². The van der Waals surface area contributed by atoms with Gasteiger partial charge in [0.2, 0.25) is 0 Å². The maximum atomic E-state index is 6.19. The molecule has 0 unspecified atom stereocenters. The van der Waals surface area contributed by atoms with Crippen LogP contribution >= 0.6 is 0 Å². The first-order valence-electron chi connectivity index (χ1n) is 5.47. The van der Waals surface area contributed by atoms with Crippen LogP contribution in [0.3, 0.4) is 0 Å². The summed E-state index contributed by atoms with van der Waals surface area (Å²) in [6, 6.07) is 3.87. The molecule has 1 nitrogen and oxygen atoms in total. The highest BCUT2D eigenvalue weighted by atomic mass is 28.4. The van der Waals surface area contributed by atoms with Crippen molar-refractivity contribution in [2.75, 3.05) is 0 Å². The van der Waals surface area contributed by atoms with Crippen molar-refractivity contribution in [1.82, 2.24) is 0 Å². The Labute approximate surface area is 83.3 Å². The van der Waals surface area contributed by atoms with Gasteiger partial charge in [0.05, 0.1) is 0 Å².